The first-order valence-corrected chi connectivity index (χ1v) is 8.28. The number of carboxylic acids is 1. The van der Waals surface area contributed by atoms with E-state index < -0.39 is 5.97 Å². The second-order valence-electron chi connectivity index (χ2n) is 6.47. The number of carboxylic acid groups (broad SMARTS) is 1. The standard InChI is InChI=1S/C19H24N2O4/c1-12(2)11-21(8-7-18(22)23)19(24)16-9-14-5-6-15(25-4)10-17(14)20-13(16)3/h5-6,9-10,12H,7-8,11H2,1-4H3,(H,22,23). The molecule has 1 heterocycles. The Balaban J connectivity index is 2.37. The van der Waals surface area contributed by atoms with E-state index in [1.165, 1.54) is 0 Å². The number of hydrogen-bond donors (Lipinski definition) is 1. The molecule has 0 spiro atoms. The summed E-state index contributed by atoms with van der Waals surface area (Å²) >= 11 is 0. The van der Waals surface area contributed by atoms with Gasteiger partial charge in [-0.1, -0.05) is 13.8 Å². The number of aliphatic carboxylic acids is 1. The molecule has 134 valence electrons. The maximum Gasteiger partial charge on any atom is 0.305 e. The van der Waals surface area contributed by atoms with E-state index in [0.29, 0.717) is 23.6 Å². The van der Waals surface area contributed by atoms with Gasteiger partial charge in [-0.15, -0.1) is 0 Å². The summed E-state index contributed by atoms with van der Waals surface area (Å²) in [5, 5.41) is 9.78. The van der Waals surface area contributed by atoms with Gasteiger partial charge >= 0.3 is 5.97 Å². The van der Waals surface area contributed by atoms with Crippen molar-refractivity contribution in [2.45, 2.75) is 27.2 Å². The molecule has 1 N–H and O–H groups in total. The van der Waals surface area contributed by atoms with Crippen LogP contribution in [0.5, 0.6) is 5.75 Å². The van der Waals surface area contributed by atoms with Crippen LogP contribution in [0.2, 0.25) is 0 Å². The number of methoxy groups -OCH3 is 1. The minimum atomic E-state index is -0.915. The van der Waals surface area contributed by atoms with Gasteiger partial charge in [0.15, 0.2) is 0 Å². The topological polar surface area (TPSA) is 79.7 Å². The summed E-state index contributed by atoms with van der Waals surface area (Å²) < 4.78 is 5.21. The second-order valence-corrected chi connectivity index (χ2v) is 6.47. The number of rotatable bonds is 7. The van der Waals surface area contributed by atoms with Crippen LogP contribution in [0.4, 0.5) is 0 Å². The first-order valence-electron chi connectivity index (χ1n) is 8.28. The average molecular weight is 344 g/mol. The zero-order valence-corrected chi connectivity index (χ0v) is 15.1. The smallest absolute Gasteiger partial charge is 0.305 e. The lowest BCUT2D eigenvalue weighted by atomic mass is 10.1. The SMILES string of the molecule is COc1ccc2cc(C(=O)N(CCC(=O)O)CC(C)C)c(C)nc2c1. The second kappa shape index (κ2) is 7.96. The quantitative estimate of drug-likeness (QED) is 0.835. The minimum Gasteiger partial charge on any atom is -0.497 e. The third-order valence-corrected chi connectivity index (χ3v) is 3.91. The predicted octanol–water partition coefficient (Wildman–Crippen LogP) is 3.12. The lowest BCUT2D eigenvalue weighted by Gasteiger charge is -2.24. The highest BCUT2D eigenvalue weighted by Gasteiger charge is 2.20. The number of carbonyl (C=O) groups is 2. The number of amides is 1. The molecule has 0 saturated heterocycles. The summed E-state index contributed by atoms with van der Waals surface area (Å²) in [7, 11) is 1.60. The number of pyridine rings is 1. The van der Waals surface area contributed by atoms with Crippen molar-refractivity contribution in [2.75, 3.05) is 20.2 Å². The molecule has 0 fully saturated rings. The Bertz CT molecular complexity index is 786. The third-order valence-electron chi connectivity index (χ3n) is 3.91. The Morgan fingerprint density at radius 1 is 1.28 bits per heavy atom. The molecule has 0 saturated carbocycles. The number of nitrogens with zero attached hydrogens (tertiary/aromatic N) is 2. The fourth-order valence-electron chi connectivity index (χ4n) is 2.70. The normalized spacial score (nSPS) is 10.9. The van der Waals surface area contributed by atoms with E-state index in [4.69, 9.17) is 9.84 Å². The lowest BCUT2D eigenvalue weighted by molar-refractivity contribution is -0.137. The lowest BCUT2D eigenvalue weighted by Crippen LogP contribution is -2.36. The molecule has 0 atom stereocenters. The van der Waals surface area contributed by atoms with Crippen LogP contribution >= 0.6 is 0 Å². The molecular weight excluding hydrogens is 320 g/mol. The number of fused-ring (bicyclic) bond motifs is 1. The maximum atomic E-state index is 12.9. The maximum absolute atomic E-state index is 12.9. The van der Waals surface area contributed by atoms with Gasteiger partial charge in [0, 0.05) is 24.5 Å². The van der Waals surface area contributed by atoms with Gasteiger partial charge in [-0.25, -0.2) is 0 Å². The molecule has 1 aromatic carbocycles. The van der Waals surface area contributed by atoms with Crippen molar-refractivity contribution in [2.24, 2.45) is 5.92 Å². The monoisotopic (exact) mass is 344 g/mol. The van der Waals surface area contributed by atoms with Crippen molar-refractivity contribution in [3.63, 3.8) is 0 Å². The van der Waals surface area contributed by atoms with Gasteiger partial charge in [0.1, 0.15) is 5.75 Å². The van der Waals surface area contributed by atoms with Crippen molar-refractivity contribution >= 4 is 22.8 Å². The number of carbonyl (C=O) groups excluding carboxylic acids is 1. The van der Waals surface area contributed by atoms with Crippen LogP contribution in [0.25, 0.3) is 10.9 Å². The van der Waals surface area contributed by atoms with E-state index in [0.717, 1.165) is 10.9 Å². The van der Waals surface area contributed by atoms with Gasteiger partial charge in [0.2, 0.25) is 0 Å². The largest absolute Gasteiger partial charge is 0.497 e. The molecule has 0 aliphatic carbocycles. The van der Waals surface area contributed by atoms with E-state index in [9.17, 15) is 9.59 Å². The first-order chi connectivity index (χ1) is 11.8. The number of ether oxygens (including phenoxy) is 1. The van der Waals surface area contributed by atoms with Crippen molar-refractivity contribution in [1.29, 1.82) is 0 Å². The van der Waals surface area contributed by atoms with Crippen LogP contribution in [0.15, 0.2) is 24.3 Å². The molecule has 0 aliphatic rings. The Morgan fingerprint density at radius 2 is 2.00 bits per heavy atom. The van der Waals surface area contributed by atoms with E-state index in [-0.39, 0.29) is 24.8 Å². The fourth-order valence-corrected chi connectivity index (χ4v) is 2.70. The molecule has 0 unspecified atom stereocenters. The van der Waals surface area contributed by atoms with E-state index >= 15 is 0 Å². The molecule has 1 amide bonds. The molecule has 2 aromatic rings. The van der Waals surface area contributed by atoms with Gasteiger partial charge in [-0.05, 0) is 31.0 Å². The number of aryl methyl sites for hydroxylation is 1. The van der Waals surface area contributed by atoms with Crippen LogP contribution in [0, 0.1) is 12.8 Å². The first kappa shape index (κ1) is 18.7. The Morgan fingerprint density at radius 3 is 2.60 bits per heavy atom. The van der Waals surface area contributed by atoms with Crippen molar-refractivity contribution in [3.05, 3.63) is 35.5 Å². The molecule has 0 aliphatic heterocycles. The fraction of sp³-hybridized carbons (Fsp3) is 0.421. The molecule has 6 heteroatoms. The molecule has 6 nitrogen and oxygen atoms in total. The highest BCUT2D eigenvalue weighted by molar-refractivity contribution is 5.99. The summed E-state index contributed by atoms with van der Waals surface area (Å²) in [5.74, 6) is -0.142. The summed E-state index contributed by atoms with van der Waals surface area (Å²) in [6.07, 6.45) is -0.0737. The Kier molecular flexibility index (Phi) is 5.96. The zero-order valence-electron chi connectivity index (χ0n) is 15.1. The van der Waals surface area contributed by atoms with Crippen LogP contribution in [-0.2, 0) is 4.79 Å². The molecule has 1 aromatic heterocycles. The molecular formula is C19H24N2O4. The van der Waals surface area contributed by atoms with E-state index in [1.54, 1.807) is 18.9 Å². The van der Waals surface area contributed by atoms with Gasteiger partial charge in [-0.3, -0.25) is 14.6 Å². The Labute approximate surface area is 147 Å². The van der Waals surface area contributed by atoms with Crippen LogP contribution in [-0.4, -0.2) is 47.1 Å². The number of benzene rings is 1. The zero-order chi connectivity index (χ0) is 18.6. The number of hydrogen-bond acceptors (Lipinski definition) is 4. The molecule has 2 rings (SSSR count). The number of aromatic nitrogens is 1. The predicted molar refractivity (Wildman–Crippen MR) is 96.0 cm³/mol. The molecule has 25 heavy (non-hydrogen) atoms. The van der Waals surface area contributed by atoms with Crippen LogP contribution in [0.3, 0.4) is 0 Å². The van der Waals surface area contributed by atoms with Crippen molar-refractivity contribution in [3.8, 4) is 5.75 Å². The van der Waals surface area contributed by atoms with Gasteiger partial charge in [0.25, 0.3) is 5.91 Å². The van der Waals surface area contributed by atoms with Crippen molar-refractivity contribution in [1.82, 2.24) is 9.88 Å². The third kappa shape index (κ3) is 4.68. The van der Waals surface area contributed by atoms with Gasteiger partial charge in [0.05, 0.1) is 30.3 Å². The minimum absolute atomic E-state index is 0.0737. The van der Waals surface area contributed by atoms with E-state index in [1.807, 2.05) is 38.1 Å². The Hall–Kier alpha value is -2.63. The summed E-state index contributed by atoms with van der Waals surface area (Å²) in [5.41, 5.74) is 1.88. The molecule has 0 bridgehead atoms. The van der Waals surface area contributed by atoms with Crippen LogP contribution in [0.1, 0.15) is 36.3 Å². The highest BCUT2D eigenvalue weighted by atomic mass is 16.5. The average Bonchev–Trinajstić information content (AvgIpc) is 2.56. The van der Waals surface area contributed by atoms with Crippen LogP contribution < -0.4 is 4.74 Å². The summed E-state index contributed by atoms with van der Waals surface area (Å²) in [6, 6.07) is 7.33. The van der Waals surface area contributed by atoms with E-state index in [2.05, 4.69) is 4.98 Å². The van der Waals surface area contributed by atoms with Gasteiger partial charge in [-0.2, -0.15) is 0 Å². The molecule has 0 radical (unpaired) electrons. The van der Waals surface area contributed by atoms with Gasteiger partial charge < -0.3 is 14.7 Å². The summed E-state index contributed by atoms with van der Waals surface area (Å²) in [6.45, 7) is 6.48. The highest BCUT2D eigenvalue weighted by Crippen LogP contribution is 2.23. The van der Waals surface area contributed by atoms with Crippen molar-refractivity contribution < 1.29 is 19.4 Å². The summed E-state index contributed by atoms with van der Waals surface area (Å²) in [4.78, 5) is 30.0.